The summed E-state index contributed by atoms with van der Waals surface area (Å²) in [5.74, 6) is -0.123. The first-order valence-corrected chi connectivity index (χ1v) is 3.94. The Hall–Kier alpha value is -0.610. The molecule has 0 radical (unpaired) electrons. The van der Waals surface area contributed by atoms with Gasteiger partial charge in [0, 0.05) is 6.42 Å². The van der Waals surface area contributed by atoms with Crippen LogP contribution in [0.1, 0.15) is 12.8 Å². The predicted molar refractivity (Wildman–Crippen MR) is 41.0 cm³/mol. The molecular formula is C7H14N2O2. The lowest BCUT2D eigenvalue weighted by atomic mass is 10.2. The molecular weight excluding hydrogens is 144 g/mol. The van der Waals surface area contributed by atoms with Crippen LogP contribution in [0.4, 0.5) is 0 Å². The van der Waals surface area contributed by atoms with Crippen LogP contribution in [0.25, 0.3) is 0 Å². The van der Waals surface area contributed by atoms with Gasteiger partial charge < -0.3 is 15.8 Å². The molecule has 0 aromatic rings. The smallest absolute Gasteiger partial charge is 0.323 e. The molecule has 1 atom stereocenters. The number of rotatable bonds is 4. The minimum Gasteiger partial charge on any atom is -0.464 e. The Morgan fingerprint density at radius 2 is 2.55 bits per heavy atom. The third-order valence-corrected chi connectivity index (χ3v) is 1.71. The zero-order chi connectivity index (χ0) is 8.10. The van der Waals surface area contributed by atoms with Crippen LogP contribution in [0.5, 0.6) is 0 Å². The molecule has 3 N–H and O–H groups in total. The molecule has 1 saturated heterocycles. The molecule has 0 aromatic carbocycles. The molecule has 64 valence electrons. The van der Waals surface area contributed by atoms with Crippen LogP contribution < -0.4 is 11.1 Å². The molecule has 0 aromatic heterocycles. The van der Waals surface area contributed by atoms with Gasteiger partial charge in [0.1, 0.15) is 6.04 Å². The molecule has 1 aliphatic rings. The largest absolute Gasteiger partial charge is 0.464 e. The maximum absolute atomic E-state index is 10.9. The van der Waals surface area contributed by atoms with E-state index in [-0.39, 0.29) is 12.0 Å². The van der Waals surface area contributed by atoms with Crippen molar-refractivity contribution < 1.29 is 9.53 Å². The molecule has 4 heteroatoms. The van der Waals surface area contributed by atoms with Crippen molar-refractivity contribution in [1.29, 1.82) is 0 Å². The van der Waals surface area contributed by atoms with Gasteiger partial charge in [-0.1, -0.05) is 0 Å². The molecule has 1 aliphatic heterocycles. The summed E-state index contributed by atoms with van der Waals surface area (Å²) in [5.41, 5.74) is 5.29. The summed E-state index contributed by atoms with van der Waals surface area (Å²) in [4.78, 5) is 10.9. The van der Waals surface area contributed by atoms with Crippen molar-refractivity contribution in [1.82, 2.24) is 5.32 Å². The summed E-state index contributed by atoms with van der Waals surface area (Å²) < 4.78 is 4.76. The van der Waals surface area contributed by atoms with E-state index in [9.17, 15) is 4.79 Å². The van der Waals surface area contributed by atoms with Gasteiger partial charge in [0.25, 0.3) is 0 Å². The van der Waals surface area contributed by atoms with Gasteiger partial charge in [-0.3, -0.25) is 4.79 Å². The summed E-state index contributed by atoms with van der Waals surface area (Å²) in [5, 5.41) is 3.08. The fourth-order valence-electron chi connectivity index (χ4n) is 1.06. The number of nitrogens with two attached hydrogens (primary N) is 1. The number of esters is 1. The normalized spacial score (nSPS) is 23.7. The van der Waals surface area contributed by atoms with Crippen LogP contribution in [0.2, 0.25) is 0 Å². The van der Waals surface area contributed by atoms with Gasteiger partial charge in [0.15, 0.2) is 0 Å². The molecule has 1 heterocycles. The van der Waals surface area contributed by atoms with E-state index in [1.807, 2.05) is 0 Å². The van der Waals surface area contributed by atoms with Crippen molar-refractivity contribution in [2.45, 2.75) is 18.9 Å². The van der Waals surface area contributed by atoms with Crippen molar-refractivity contribution in [3.63, 3.8) is 0 Å². The second kappa shape index (κ2) is 4.31. The number of carbonyl (C=O) groups excluding carboxylic acids is 1. The number of carbonyl (C=O) groups is 1. The zero-order valence-electron chi connectivity index (χ0n) is 6.51. The lowest BCUT2D eigenvalue weighted by Crippen LogP contribution is -2.34. The molecule has 4 nitrogen and oxygen atoms in total. The van der Waals surface area contributed by atoms with Gasteiger partial charge in [-0.05, 0) is 19.5 Å². The Labute approximate surface area is 66.1 Å². The first-order chi connectivity index (χ1) is 5.34. The van der Waals surface area contributed by atoms with E-state index in [2.05, 4.69) is 5.32 Å². The molecule has 0 spiro atoms. The Morgan fingerprint density at radius 1 is 1.73 bits per heavy atom. The van der Waals surface area contributed by atoms with Crippen molar-refractivity contribution >= 4 is 5.97 Å². The average molecular weight is 158 g/mol. The van der Waals surface area contributed by atoms with Gasteiger partial charge in [0.2, 0.25) is 0 Å². The number of hydrogen-bond acceptors (Lipinski definition) is 4. The van der Waals surface area contributed by atoms with E-state index >= 15 is 0 Å². The third-order valence-electron chi connectivity index (χ3n) is 1.71. The number of hydrogen-bond donors (Lipinski definition) is 2. The van der Waals surface area contributed by atoms with Gasteiger partial charge in [-0.2, -0.15) is 0 Å². The molecule has 1 fully saturated rings. The van der Waals surface area contributed by atoms with E-state index in [0.29, 0.717) is 13.2 Å². The summed E-state index contributed by atoms with van der Waals surface area (Å²) in [6, 6.07) is -0.0819. The molecule has 0 saturated carbocycles. The highest BCUT2D eigenvalue weighted by molar-refractivity contribution is 5.77. The van der Waals surface area contributed by atoms with Crippen molar-refractivity contribution in [2.75, 3.05) is 19.7 Å². The van der Waals surface area contributed by atoms with Crippen molar-refractivity contribution in [3.05, 3.63) is 0 Å². The van der Waals surface area contributed by atoms with Crippen LogP contribution in [-0.4, -0.2) is 31.7 Å². The molecule has 0 amide bonds. The van der Waals surface area contributed by atoms with Crippen LogP contribution in [-0.2, 0) is 9.53 Å². The quantitative estimate of drug-likeness (QED) is 0.417. The maximum atomic E-state index is 10.9. The first kappa shape index (κ1) is 8.49. The summed E-state index contributed by atoms with van der Waals surface area (Å²) in [6.07, 6.45) is 1.70. The van der Waals surface area contributed by atoms with Crippen LogP contribution in [0.15, 0.2) is 0 Å². The zero-order valence-corrected chi connectivity index (χ0v) is 6.51. The first-order valence-electron chi connectivity index (χ1n) is 3.94. The summed E-state index contributed by atoms with van der Waals surface area (Å²) >= 11 is 0. The lowest BCUT2D eigenvalue weighted by Gasteiger charge is -2.06. The van der Waals surface area contributed by atoms with Gasteiger partial charge in [0.05, 0.1) is 6.61 Å². The highest BCUT2D eigenvalue weighted by Crippen LogP contribution is 2.04. The van der Waals surface area contributed by atoms with Crippen LogP contribution >= 0.6 is 0 Å². The van der Waals surface area contributed by atoms with E-state index in [1.54, 1.807) is 0 Å². The standard InChI is InChI=1S/C7H14N2O2/c8-3-1-4-9-6-2-5-11-7(6)10/h6,9H,1-5,8H2. The Balaban J connectivity index is 2.10. The minimum absolute atomic E-state index is 0.0819. The van der Waals surface area contributed by atoms with Gasteiger partial charge >= 0.3 is 5.97 Å². The molecule has 11 heavy (non-hydrogen) atoms. The molecule has 0 aliphatic carbocycles. The van der Waals surface area contributed by atoms with E-state index in [0.717, 1.165) is 19.4 Å². The Bertz CT molecular complexity index is 138. The Morgan fingerprint density at radius 3 is 3.09 bits per heavy atom. The topological polar surface area (TPSA) is 64.3 Å². The van der Waals surface area contributed by atoms with E-state index in [1.165, 1.54) is 0 Å². The molecule has 1 unspecified atom stereocenters. The third kappa shape index (κ3) is 2.48. The van der Waals surface area contributed by atoms with Gasteiger partial charge in [-0.25, -0.2) is 0 Å². The van der Waals surface area contributed by atoms with Gasteiger partial charge in [-0.15, -0.1) is 0 Å². The SMILES string of the molecule is NCCCNC1CCOC1=O. The van der Waals surface area contributed by atoms with E-state index < -0.39 is 0 Å². The Kier molecular flexibility index (Phi) is 3.32. The number of cyclic esters (lactones) is 1. The summed E-state index contributed by atoms with van der Waals surface area (Å²) in [7, 11) is 0. The van der Waals surface area contributed by atoms with E-state index in [4.69, 9.17) is 10.5 Å². The fraction of sp³-hybridized carbons (Fsp3) is 0.857. The van der Waals surface area contributed by atoms with Crippen molar-refractivity contribution in [3.8, 4) is 0 Å². The monoisotopic (exact) mass is 158 g/mol. The average Bonchev–Trinajstić information content (AvgIpc) is 2.37. The van der Waals surface area contributed by atoms with Crippen LogP contribution in [0, 0.1) is 0 Å². The molecule has 0 bridgehead atoms. The molecule has 1 rings (SSSR count). The summed E-state index contributed by atoms with van der Waals surface area (Å²) in [6.45, 7) is 2.02. The second-order valence-corrected chi connectivity index (χ2v) is 2.61. The fourth-order valence-corrected chi connectivity index (χ4v) is 1.06. The van der Waals surface area contributed by atoms with Crippen molar-refractivity contribution in [2.24, 2.45) is 5.73 Å². The predicted octanol–water partition coefficient (Wildman–Crippen LogP) is -0.760. The number of ether oxygens (including phenoxy) is 1. The lowest BCUT2D eigenvalue weighted by molar-refractivity contribution is -0.139. The highest BCUT2D eigenvalue weighted by Gasteiger charge is 2.24. The second-order valence-electron chi connectivity index (χ2n) is 2.61. The maximum Gasteiger partial charge on any atom is 0.323 e. The highest BCUT2D eigenvalue weighted by atomic mass is 16.5. The number of nitrogens with one attached hydrogen (secondary N) is 1. The minimum atomic E-state index is -0.123. The van der Waals surface area contributed by atoms with Crippen LogP contribution in [0.3, 0.4) is 0 Å².